The minimum atomic E-state index is 0.640. The molecule has 3 aromatic rings. The zero-order valence-corrected chi connectivity index (χ0v) is 15.1. The summed E-state index contributed by atoms with van der Waals surface area (Å²) in [6.45, 7) is 0.729. The molecule has 0 amide bonds. The fraction of sp³-hybridized carbons (Fsp3) is 0.200. The van der Waals surface area contributed by atoms with Gasteiger partial charge < -0.3 is 19.7 Å². The summed E-state index contributed by atoms with van der Waals surface area (Å²) < 4.78 is 10.7. The van der Waals surface area contributed by atoms with Crippen LogP contribution in [0.25, 0.3) is 0 Å². The molecule has 0 unspecified atom stereocenters. The van der Waals surface area contributed by atoms with Crippen molar-refractivity contribution in [3.63, 3.8) is 0 Å². The van der Waals surface area contributed by atoms with Gasteiger partial charge in [-0.25, -0.2) is 4.98 Å². The van der Waals surface area contributed by atoms with Crippen LogP contribution in [0, 0.1) is 0 Å². The molecule has 0 saturated carbocycles. The first kappa shape index (κ1) is 17.5. The zero-order valence-electron chi connectivity index (χ0n) is 15.1. The van der Waals surface area contributed by atoms with E-state index < -0.39 is 0 Å². The van der Waals surface area contributed by atoms with Crippen LogP contribution in [0.1, 0.15) is 5.56 Å². The lowest BCUT2D eigenvalue weighted by Crippen LogP contribution is -2.19. The molecular weight excluding hydrogens is 328 g/mol. The van der Waals surface area contributed by atoms with Gasteiger partial charge in [-0.15, -0.1) is 0 Å². The van der Waals surface area contributed by atoms with E-state index in [0.29, 0.717) is 17.5 Å². The van der Waals surface area contributed by atoms with Crippen molar-refractivity contribution >= 4 is 17.5 Å². The van der Waals surface area contributed by atoms with E-state index in [0.717, 1.165) is 18.0 Å². The molecular formula is C20H22N4O2. The van der Waals surface area contributed by atoms with Gasteiger partial charge in [-0.2, -0.15) is 4.98 Å². The molecule has 134 valence electrons. The zero-order chi connectivity index (χ0) is 18.4. The van der Waals surface area contributed by atoms with Crippen molar-refractivity contribution in [3.05, 3.63) is 66.4 Å². The maximum atomic E-state index is 5.40. The summed E-state index contributed by atoms with van der Waals surface area (Å²) in [6.07, 6.45) is 1.73. The molecule has 26 heavy (non-hydrogen) atoms. The van der Waals surface area contributed by atoms with Crippen LogP contribution in [0.15, 0.2) is 60.8 Å². The van der Waals surface area contributed by atoms with E-state index in [1.807, 2.05) is 54.4 Å². The quantitative estimate of drug-likeness (QED) is 0.698. The number of aromatic nitrogens is 2. The second-order valence-corrected chi connectivity index (χ2v) is 5.77. The highest BCUT2D eigenvalue weighted by molar-refractivity contribution is 5.66. The largest absolute Gasteiger partial charge is 0.497 e. The molecule has 3 rings (SSSR count). The predicted molar refractivity (Wildman–Crippen MR) is 103 cm³/mol. The monoisotopic (exact) mass is 350 g/mol. The van der Waals surface area contributed by atoms with Crippen LogP contribution >= 0.6 is 0 Å². The fourth-order valence-corrected chi connectivity index (χ4v) is 2.58. The van der Waals surface area contributed by atoms with E-state index >= 15 is 0 Å². The van der Waals surface area contributed by atoms with E-state index in [4.69, 9.17) is 9.47 Å². The van der Waals surface area contributed by atoms with Gasteiger partial charge in [0.15, 0.2) is 0 Å². The number of methoxy groups -OCH3 is 2. The summed E-state index contributed by atoms with van der Waals surface area (Å²) in [5.41, 5.74) is 1.98. The van der Waals surface area contributed by atoms with E-state index in [-0.39, 0.29) is 0 Å². The molecule has 0 spiro atoms. The van der Waals surface area contributed by atoms with Crippen LogP contribution in [0.2, 0.25) is 0 Å². The Hall–Kier alpha value is -3.28. The molecule has 2 aromatic carbocycles. The number of hydrogen-bond donors (Lipinski definition) is 1. The van der Waals surface area contributed by atoms with Gasteiger partial charge in [-0.1, -0.05) is 30.3 Å². The third kappa shape index (κ3) is 4.22. The molecule has 0 fully saturated rings. The van der Waals surface area contributed by atoms with Crippen molar-refractivity contribution < 1.29 is 9.47 Å². The average molecular weight is 350 g/mol. The van der Waals surface area contributed by atoms with Crippen molar-refractivity contribution in [2.45, 2.75) is 6.54 Å². The number of nitrogens with one attached hydrogen (secondary N) is 1. The van der Waals surface area contributed by atoms with Gasteiger partial charge in [0.25, 0.3) is 0 Å². The molecule has 0 bridgehead atoms. The summed E-state index contributed by atoms with van der Waals surface area (Å²) in [6, 6.07) is 17.6. The number of ether oxygens (including phenoxy) is 2. The summed E-state index contributed by atoms with van der Waals surface area (Å²) in [5.74, 6) is 2.77. The lowest BCUT2D eigenvalue weighted by Gasteiger charge is -2.18. The van der Waals surface area contributed by atoms with Crippen LogP contribution in [-0.4, -0.2) is 31.2 Å². The smallest absolute Gasteiger partial charge is 0.227 e. The molecule has 0 aliphatic carbocycles. The number of hydrogen-bond acceptors (Lipinski definition) is 6. The third-order valence-corrected chi connectivity index (χ3v) is 3.92. The Kier molecular flexibility index (Phi) is 5.53. The molecule has 0 aliphatic heterocycles. The van der Waals surface area contributed by atoms with Gasteiger partial charge in [-0.3, -0.25) is 0 Å². The Morgan fingerprint density at radius 3 is 2.54 bits per heavy atom. The van der Waals surface area contributed by atoms with Crippen molar-refractivity contribution in [2.24, 2.45) is 0 Å². The van der Waals surface area contributed by atoms with Gasteiger partial charge in [0.2, 0.25) is 5.95 Å². The Morgan fingerprint density at radius 1 is 1.00 bits per heavy atom. The van der Waals surface area contributed by atoms with Crippen LogP contribution in [0.4, 0.5) is 17.5 Å². The molecule has 0 radical (unpaired) electrons. The normalized spacial score (nSPS) is 10.3. The standard InChI is InChI=1S/C20H22N4O2/c1-24(14-15-7-5-4-6-8-15)20-21-12-11-19(23-20)22-17-13-16(25-2)9-10-18(17)26-3/h4-13H,14H2,1-3H3,(H,21,22,23). The molecule has 6 heteroatoms. The van der Waals surface area contributed by atoms with Crippen molar-refractivity contribution in [1.82, 2.24) is 9.97 Å². The summed E-state index contributed by atoms with van der Waals surface area (Å²) in [7, 11) is 5.23. The lowest BCUT2D eigenvalue weighted by atomic mass is 10.2. The highest BCUT2D eigenvalue weighted by atomic mass is 16.5. The fourth-order valence-electron chi connectivity index (χ4n) is 2.58. The first-order valence-corrected chi connectivity index (χ1v) is 8.27. The first-order valence-electron chi connectivity index (χ1n) is 8.27. The van der Waals surface area contributed by atoms with Crippen LogP contribution < -0.4 is 19.7 Å². The predicted octanol–water partition coefficient (Wildman–Crippen LogP) is 3.87. The van der Waals surface area contributed by atoms with Crippen LogP contribution in [-0.2, 0) is 6.54 Å². The maximum Gasteiger partial charge on any atom is 0.227 e. The van der Waals surface area contributed by atoms with E-state index in [9.17, 15) is 0 Å². The molecule has 0 saturated heterocycles. The van der Waals surface area contributed by atoms with Gasteiger partial charge in [0.1, 0.15) is 17.3 Å². The first-order chi connectivity index (χ1) is 12.7. The highest BCUT2D eigenvalue weighted by Gasteiger charge is 2.09. The summed E-state index contributed by atoms with van der Waals surface area (Å²) >= 11 is 0. The van der Waals surface area contributed by atoms with Gasteiger partial charge >= 0.3 is 0 Å². The van der Waals surface area contributed by atoms with Crippen LogP contribution in [0.3, 0.4) is 0 Å². The van der Waals surface area contributed by atoms with E-state index in [1.54, 1.807) is 20.4 Å². The van der Waals surface area contributed by atoms with E-state index in [2.05, 4.69) is 27.4 Å². The molecule has 0 atom stereocenters. The Balaban J connectivity index is 1.79. The summed E-state index contributed by atoms with van der Waals surface area (Å²) in [4.78, 5) is 11.0. The highest BCUT2D eigenvalue weighted by Crippen LogP contribution is 2.31. The summed E-state index contributed by atoms with van der Waals surface area (Å²) in [5, 5.41) is 3.27. The molecule has 0 aliphatic rings. The average Bonchev–Trinajstić information content (AvgIpc) is 2.69. The van der Waals surface area contributed by atoms with Crippen molar-refractivity contribution in [2.75, 3.05) is 31.5 Å². The van der Waals surface area contributed by atoms with Gasteiger partial charge in [0.05, 0.1) is 19.9 Å². The number of rotatable bonds is 7. The van der Waals surface area contributed by atoms with Gasteiger partial charge in [-0.05, 0) is 23.8 Å². The van der Waals surface area contributed by atoms with Gasteiger partial charge in [0, 0.05) is 25.9 Å². The topological polar surface area (TPSA) is 59.5 Å². The minimum Gasteiger partial charge on any atom is -0.497 e. The minimum absolute atomic E-state index is 0.640. The lowest BCUT2D eigenvalue weighted by molar-refractivity contribution is 0.405. The Bertz CT molecular complexity index is 855. The third-order valence-electron chi connectivity index (χ3n) is 3.92. The van der Waals surface area contributed by atoms with Crippen LogP contribution in [0.5, 0.6) is 11.5 Å². The SMILES string of the molecule is COc1ccc(OC)c(Nc2ccnc(N(C)Cc3ccccc3)n2)c1. The Morgan fingerprint density at radius 2 is 1.81 bits per heavy atom. The molecule has 1 heterocycles. The second-order valence-electron chi connectivity index (χ2n) is 5.77. The van der Waals surface area contributed by atoms with E-state index in [1.165, 1.54) is 5.56 Å². The number of nitrogens with zero attached hydrogens (tertiary/aromatic N) is 3. The molecule has 6 nitrogen and oxygen atoms in total. The maximum absolute atomic E-state index is 5.40. The Labute approximate surface area is 153 Å². The molecule has 1 N–H and O–H groups in total. The number of anilines is 3. The van der Waals surface area contributed by atoms with Crippen molar-refractivity contribution in [1.29, 1.82) is 0 Å². The molecule has 1 aromatic heterocycles. The second kappa shape index (κ2) is 8.20. The van der Waals surface area contributed by atoms with Crippen molar-refractivity contribution in [3.8, 4) is 11.5 Å². The number of benzene rings is 2.